The molecule has 32 heavy (non-hydrogen) atoms. The molecule has 158 valence electrons. The zero-order valence-electron chi connectivity index (χ0n) is 17.1. The summed E-state index contributed by atoms with van der Waals surface area (Å²) < 4.78 is 13.1. The van der Waals surface area contributed by atoms with Crippen LogP contribution in [0.4, 0.5) is 0 Å². The molecule has 0 aliphatic rings. The molecule has 0 aliphatic carbocycles. The maximum absolute atomic E-state index is 5.71. The number of hydrogen-bond donors (Lipinski definition) is 0. The molecule has 1 aromatic carbocycles. The lowest BCUT2D eigenvalue weighted by Crippen LogP contribution is -1.98. The van der Waals surface area contributed by atoms with Crippen LogP contribution < -0.4 is 9.47 Å². The van der Waals surface area contributed by atoms with E-state index < -0.39 is 0 Å². The summed E-state index contributed by atoms with van der Waals surface area (Å²) in [6.07, 6.45) is 0. The standard InChI is InChI=1S/C21H15N7O2S2/c1-3-29-18-16-14(23-27-25-18)12-11(10-8-6-5-7-9-10)13-15-17(19(30-4-2)26-28-24-15)32-21(13)22-20(12)31-16/h5-9H,3-4H2,1-2H3. The summed E-state index contributed by atoms with van der Waals surface area (Å²) >= 11 is 3.00. The Hall–Kier alpha value is -3.57. The van der Waals surface area contributed by atoms with Crippen LogP contribution in [0.5, 0.6) is 11.8 Å². The number of hydrogen-bond acceptors (Lipinski definition) is 11. The van der Waals surface area contributed by atoms with Crippen molar-refractivity contribution in [2.75, 3.05) is 13.2 Å². The first-order chi connectivity index (χ1) is 15.8. The minimum Gasteiger partial charge on any atom is -0.476 e. The van der Waals surface area contributed by atoms with E-state index in [1.165, 1.54) is 22.7 Å². The van der Waals surface area contributed by atoms with Gasteiger partial charge in [-0.05, 0) is 29.8 Å². The van der Waals surface area contributed by atoms with E-state index in [-0.39, 0.29) is 0 Å². The van der Waals surface area contributed by atoms with Crippen LogP contribution >= 0.6 is 22.7 Å². The minimum atomic E-state index is 0.468. The Morgan fingerprint density at radius 1 is 0.719 bits per heavy atom. The molecule has 9 nitrogen and oxygen atoms in total. The van der Waals surface area contributed by atoms with Gasteiger partial charge in [-0.1, -0.05) is 40.5 Å². The molecular weight excluding hydrogens is 446 g/mol. The van der Waals surface area contributed by atoms with Gasteiger partial charge in [0.1, 0.15) is 30.1 Å². The fourth-order valence-electron chi connectivity index (χ4n) is 3.79. The van der Waals surface area contributed by atoms with Crippen molar-refractivity contribution >= 4 is 63.5 Å². The third-order valence-electron chi connectivity index (χ3n) is 5.01. The highest BCUT2D eigenvalue weighted by atomic mass is 32.1. The monoisotopic (exact) mass is 461 g/mol. The molecule has 0 radical (unpaired) electrons. The highest BCUT2D eigenvalue weighted by molar-refractivity contribution is 7.27. The summed E-state index contributed by atoms with van der Waals surface area (Å²) in [7, 11) is 0. The van der Waals surface area contributed by atoms with E-state index in [1.807, 2.05) is 32.0 Å². The summed E-state index contributed by atoms with van der Waals surface area (Å²) in [5.74, 6) is 0.936. The van der Waals surface area contributed by atoms with Crippen LogP contribution in [0.2, 0.25) is 0 Å². The smallest absolute Gasteiger partial charge is 0.255 e. The van der Waals surface area contributed by atoms with Gasteiger partial charge in [0.05, 0.1) is 13.2 Å². The van der Waals surface area contributed by atoms with E-state index in [2.05, 4.69) is 43.0 Å². The molecular formula is C21H15N7O2S2. The lowest BCUT2D eigenvalue weighted by molar-refractivity contribution is 0.326. The summed E-state index contributed by atoms with van der Waals surface area (Å²) in [5.41, 5.74) is 3.43. The van der Waals surface area contributed by atoms with Gasteiger partial charge in [-0.2, -0.15) is 0 Å². The average molecular weight is 462 g/mol. The Labute approximate surface area is 189 Å². The summed E-state index contributed by atoms with van der Waals surface area (Å²) in [4.78, 5) is 6.64. The zero-order valence-corrected chi connectivity index (χ0v) is 18.7. The predicted molar refractivity (Wildman–Crippen MR) is 125 cm³/mol. The molecule has 11 heteroatoms. The molecule has 0 spiro atoms. The molecule has 5 heterocycles. The van der Waals surface area contributed by atoms with Gasteiger partial charge in [0, 0.05) is 16.3 Å². The number of rotatable bonds is 5. The van der Waals surface area contributed by atoms with Gasteiger partial charge < -0.3 is 9.47 Å². The van der Waals surface area contributed by atoms with Crippen molar-refractivity contribution < 1.29 is 9.47 Å². The fraction of sp³-hybridized carbons (Fsp3) is 0.190. The van der Waals surface area contributed by atoms with E-state index in [9.17, 15) is 0 Å². The molecule has 0 amide bonds. The summed E-state index contributed by atoms with van der Waals surface area (Å²) in [6, 6.07) is 10.1. The average Bonchev–Trinajstić information content (AvgIpc) is 3.38. The number of nitrogens with zero attached hydrogens (tertiary/aromatic N) is 7. The number of pyridine rings is 1. The molecule has 0 atom stereocenters. The maximum Gasteiger partial charge on any atom is 0.255 e. The SMILES string of the molecule is CCOc1nnnc2c1sc1nc3sc4c(OCC)nnnc4c3c(-c3ccccc3)c12. The van der Waals surface area contributed by atoms with E-state index in [0.717, 1.165) is 41.0 Å². The Morgan fingerprint density at radius 3 is 1.75 bits per heavy atom. The molecule has 0 fully saturated rings. The van der Waals surface area contributed by atoms with E-state index >= 15 is 0 Å². The molecule has 0 N–H and O–H groups in total. The molecule has 0 aliphatic heterocycles. The second-order valence-electron chi connectivity index (χ2n) is 6.83. The van der Waals surface area contributed by atoms with Gasteiger partial charge in [0.15, 0.2) is 0 Å². The highest BCUT2D eigenvalue weighted by Crippen LogP contribution is 2.48. The predicted octanol–water partition coefficient (Wildman–Crippen LogP) is 4.65. The quantitative estimate of drug-likeness (QED) is 0.362. The number of fused-ring (bicyclic) bond motifs is 6. The third kappa shape index (κ3) is 2.78. The fourth-order valence-corrected chi connectivity index (χ4v) is 5.96. The van der Waals surface area contributed by atoms with Crippen molar-refractivity contribution in [2.24, 2.45) is 0 Å². The second-order valence-corrected chi connectivity index (χ2v) is 8.83. The number of benzene rings is 1. The van der Waals surface area contributed by atoms with Gasteiger partial charge in [-0.3, -0.25) is 0 Å². The van der Waals surface area contributed by atoms with Gasteiger partial charge >= 0.3 is 0 Å². The highest BCUT2D eigenvalue weighted by Gasteiger charge is 2.25. The topological polar surface area (TPSA) is 109 Å². The normalized spacial score (nSPS) is 11.7. The van der Waals surface area contributed by atoms with Crippen LogP contribution in [-0.2, 0) is 0 Å². The summed E-state index contributed by atoms with van der Waals surface area (Å²) in [5, 5.41) is 26.6. The van der Waals surface area contributed by atoms with Crippen molar-refractivity contribution in [2.45, 2.75) is 13.8 Å². The lowest BCUT2D eigenvalue weighted by Gasteiger charge is -2.07. The van der Waals surface area contributed by atoms with Gasteiger partial charge in [-0.25, -0.2) is 4.98 Å². The summed E-state index contributed by atoms with van der Waals surface area (Å²) in [6.45, 7) is 4.81. The molecule has 6 rings (SSSR count). The number of thiophene rings is 2. The van der Waals surface area contributed by atoms with Crippen molar-refractivity contribution in [1.82, 2.24) is 35.8 Å². The van der Waals surface area contributed by atoms with Crippen molar-refractivity contribution in [3.05, 3.63) is 30.3 Å². The molecule has 0 bridgehead atoms. The Kier molecular flexibility index (Phi) is 4.51. The molecule has 0 saturated heterocycles. The third-order valence-corrected chi connectivity index (χ3v) is 7.13. The molecule has 0 unspecified atom stereocenters. The number of ether oxygens (including phenoxy) is 2. The Balaban J connectivity index is 1.83. The molecule has 6 aromatic rings. The van der Waals surface area contributed by atoms with Crippen molar-refractivity contribution in [3.8, 4) is 22.9 Å². The largest absolute Gasteiger partial charge is 0.476 e. The molecule has 0 saturated carbocycles. The van der Waals surface area contributed by atoms with Crippen molar-refractivity contribution in [1.29, 1.82) is 0 Å². The van der Waals surface area contributed by atoms with Gasteiger partial charge in [0.25, 0.3) is 11.8 Å². The van der Waals surface area contributed by atoms with Crippen LogP contribution in [0.25, 0.3) is 52.0 Å². The maximum atomic E-state index is 5.71. The van der Waals surface area contributed by atoms with Crippen molar-refractivity contribution in [3.63, 3.8) is 0 Å². The van der Waals surface area contributed by atoms with E-state index in [1.54, 1.807) is 0 Å². The lowest BCUT2D eigenvalue weighted by atomic mass is 9.99. The van der Waals surface area contributed by atoms with Crippen LogP contribution in [0.3, 0.4) is 0 Å². The Morgan fingerprint density at radius 2 is 1.25 bits per heavy atom. The zero-order chi connectivity index (χ0) is 21.7. The second kappa shape index (κ2) is 7.53. The first-order valence-electron chi connectivity index (χ1n) is 10.0. The van der Waals surface area contributed by atoms with E-state index in [4.69, 9.17) is 14.5 Å². The minimum absolute atomic E-state index is 0.468. The van der Waals surface area contributed by atoms with Crippen LogP contribution in [0.1, 0.15) is 13.8 Å². The first-order valence-corrected chi connectivity index (χ1v) is 11.7. The van der Waals surface area contributed by atoms with E-state index in [0.29, 0.717) is 36.0 Å². The molecule has 5 aromatic heterocycles. The van der Waals surface area contributed by atoms with Crippen LogP contribution in [0.15, 0.2) is 30.3 Å². The van der Waals surface area contributed by atoms with Gasteiger partial charge in [-0.15, -0.1) is 32.9 Å². The van der Waals surface area contributed by atoms with Gasteiger partial charge in [0.2, 0.25) is 0 Å². The van der Waals surface area contributed by atoms with Crippen LogP contribution in [-0.4, -0.2) is 49.0 Å². The first kappa shape index (κ1) is 19.1. The Bertz CT molecular complexity index is 1520. The number of aromatic nitrogens is 7. The van der Waals surface area contributed by atoms with Crippen LogP contribution in [0, 0.1) is 0 Å².